The number of rotatable bonds is 3. The second-order valence-electron chi connectivity index (χ2n) is 2.61. The van der Waals surface area contributed by atoms with Crippen LogP contribution in [0.2, 0.25) is 0 Å². The summed E-state index contributed by atoms with van der Waals surface area (Å²) in [5.74, 6) is 0. The van der Waals surface area contributed by atoms with Gasteiger partial charge < -0.3 is 15.6 Å². The van der Waals surface area contributed by atoms with E-state index in [4.69, 9.17) is 12.2 Å². The number of anilines is 1. The van der Waals surface area contributed by atoms with Crippen molar-refractivity contribution in [1.29, 1.82) is 0 Å². The number of aromatic nitrogens is 2. The van der Waals surface area contributed by atoms with Crippen molar-refractivity contribution in [3.63, 3.8) is 0 Å². The van der Waals surface area contributed by atoms with Gasteiger partial charge in [-0.05, 0) is 12.2 Å². The first-order chi connectivity index (χ1) is 7.13. The molecule has 4 N–H and O–H groups in total. The highest BCUT2D eigenvalue weighted by atomic mass is 32.1. The first-order valence-electron chi connectivity index (χ1n) is 4.11. The second-order valence-corrected chi connectivity index (χ2v) is 3.02. The first kappa shape index (κ1) is 11.2. The van der Waals surface area contributed by atoms with Gasteiger partial charge in [-0.2, -0.15) is 0 Å². The van der Waals surface area contributed by atoms with Crippen LogP contribution in [-0.2, 0) is 0 Å². The van der Waals surface area contributed by atoms with Crippen LogP contribution in [0.5, 0.6) is 0 Å². The van der Waals surface area contributed by atoms with Gasteiger partial charge in [-0.1, -0.05) is 6.08 Å². The molecule has 80 valence electrons. The summed E-state index contributed by atoms with van der Waals surface area (Å²) in [6.07, 6.45) is 2.88. The Morgan fingerprint density at radius 3 is 2.93 bits per heavy atom. The second kappa shape index (κ2) is 5.11. The predicted octanol–water partition coefficient (Wildman–Crippen LogP) is -0.464. The molecule has 15 heavy (non-hydrogen) atoms. The van der Waals surface area contributed by atoms with E-state index in [9.17, 15) is 9.59 Å². The van der Waals surface area contributed by atoms with Gasteiger partial charge in [0.05, 0.1) is 0 Å². The number of hydrogen-bond acceptors (Lipinski definition) is 3. The van der Waals surface area contributed by atoms with Gasteiger partial charge in [-0.25, -0.2) is 4.79 Å². The molecule has 0 fully saturated rings. The molecule has 0 spiro atoms. The third kappa shape index (κ3) is 3.39. The minimum absolute atomic E-state index is 0.177. The lowest BCUT2D eigenvalue weighted by molar-refractivity contribution is 1.03. The first-order valence-corrected chi connectivity index (χ1v) is 4.52. The lowest BCUT2D eigenvalue weighted by Gasteiger charge is -2.06. The van der Waals surface area contributed by atoms with Gasteiger partial charge in [0.25, 0.3) is 5.56 Å². The molecule has 6 nitrogen and oxygen atoms in total. The standard InChI is InChI=1S/C8H10N4O2S/c1-2-3-9-8(15)11-5-4-10-7(14)12-6(5)13/h2,4H,1,3H2,(H2,9,11,15)(H2,10,12,13,14). The monoisotopic (exact) mass is 226 g/mol. The molecule has 1 rings (SSSR count). The molecule has 1 heterocycles. The summed E-state index contributed by atoms with van der Waals surface area (Å²) < 4.78 is 0. The van der Waals surface area contributed by atoms with E-state index in [1.54, 1.807) is 6.08 Å². The molecule has 0 unspecified atom stereocenters. The Morgan fingerprint density at radius 2 is 2.33 bits per heavy atom. The van der Waals surface area contributed by atoms with Crippen LogP contribution in [0.3, 0.4) is 0 Å². The zero-order valence-corrected chi connectivity index (χ0v) is 8.61. The van der Waals surface area contributed by atoms with Gasteiger partial charge in [0.1, 0.15) is 5.69 Å². The van der Waals surface area contributed by atoms with Gasteiger partial charge in [0.15, 0.2) is 5.11 Å². The van der Waals surface area contributed by atoms with Crippen LogP contribution in [-0.4, -0.2) is 21.6 Å². The molecular formula is C8H10N4O2S. The molecule has 0 aliphatic rings. The highest BCUT2D eigenvalue weighted by Gasteiger charge is 2.01. The van der Waals surface area contributed by atoms with Crippen LogP contribution >= 0.6 is 12.2 Å². The summed E-state index contributed by atoms with van der Waals surface area (Å²) >= 11 is 4.88. The van der Waals surface area contributed by atoms with Crippen LogP contribution in [0.15, 0.2) is 28.4 Å². The molecule has 0 aliphatic carbocycles. The number of hydrogen-bond donors (Lipinski definition) is 4. The molecule has 1 aromatic heterocycles. The average molecular weight is 226 g/mol. The Labute approximate surface area is 90.4 Å². The van der Waals surface area contributed by atoms with Crippen LogP contribution in [0, 0.1) is 0 Å². The topological polar surface area (TPSA) is 89.8 Å². The molecule has 0 aromatic carbocycles. The number of nitrogens with one attached hydrogen (secondary N) is 4. The number of aromatic amines is 2. The molecule has 0 atom stereocenters. The van der Waals surface area contributed by atoms with E-state index in [-0.39, 0.29) is 10.8 Å². The molecule has 0 radical (unpaired) electrons. The van der Waals surface area contributed by atoms with Crippen LogP contribution < -0.4 is 21.9 Å². The van der Waals surface area contributed by atoms with E-state index < -0.39 is 11.2 Å². The molecule has 0 saturated heterocycles. The summed E-state index contributed by atoms with van der Waals surface area (Å²) in [4.78, 5) is 26.3. The Bertz CT molecular complexity index is 476. The van der Waals surface area contributed by atoms with E-state index in [1.807, 2.05) is 0 Å². The normalized spacial score (nSPS) is 9.33. The quantitative estimate of drug-likeness (QED) is 0.413. The fourth-order valence-electron chi connectivity index (χ4n) is 0.834. The van der Waals surface area contributed by atoms with Crippen molar-refractivity contribution in [2.75, 3.05) is 11.9 Å². The molecular weight excluding hydrogens is 216 g/mol. The van der Waals surface area contributed by atoms with Crippen molar-refractivity contribution in [2.45, 2.75) is 0 Å². The maximum Gasteiger partial charge on any atom is 0.325 e. The minimum atomic E-state index is -0.560. The largest absolute Gasteiger partial charge is 0.359 e. The SMILES string of the molecule is C=CCNC(=S)Nc1c[nH]c(=O)[nH]c1=O. The highest BCUT2D eigenvalue weighted by Crippen LogP contribution is 1.91. The number of H-pyrrole nitrogens is 2. The van der Waals surface area contributed by atoms with Gasteiger partial charge in [-0.3, -0.25) is 9.78 Å². The Hall–Kier alpha value is -1.89. The van der Waals surface area contributed by atoms with Crippen molar-refractivity contribution in [2.24, 2.45) is 0 Å². The molecule has 0 aliphatic heterocycles. The van der Waals surface area contributed by atoms with Crippen LogP contribution in [0.4, 0.5) is 5.69 Å². The number of thiocarbonyl (C=S) groups is 1. The van der Waals surface area contributed by atoms with Crippen molar-refractivity contribution in [3.05, 3.63) is 39.7 Å². The van der Waals surface area contributed by atoms with E-state index in [0.29, 0.717) is 6.54 Å². The van der Waals surface area contributed by atoms with Crippen molar-refractivity contribution < 1.29 is 0 Å². The third-order valence-corrected chi connectivity index (χ3v) is 1.72. The fraction of sp³-hybridized carbons (Fsp3) is 0.125. The van der Waals surface area contributed by atoms with Crippen molar-refractivity contribution in [3.8, 4) is 0 Å². The summed E-state index contributed by atoms with van der Waals surface area (Å²) in [7, 11) is 0. The fourth-order valence-corrected chi connectivity index (χ4v) is 1.03. The molecule has 7 heteroatoms. The molecule has 0 bridgehead atoms. The van der Waals surface area contributed by atoms with Gasteiger partial charge in [-0.15, -0.1) is 6.58 Å². The third-order valence-electron chi connectivity index (χ3n) is 1.47. The smallest absolute Gasteiger partial charge is 0.325 e. The molecule has 0 saturated carbocycles. The maximum absolute atomic E-state index is 11.2. The maximum atomic E-state index is 11.2. The zero-order chi connectivity index (χ0) is 11.3. The zero-order valence-electron chi connectivity index (χ0n) is 7.79. The van der Waals surface area contributed by atoms with Crippen LogP contribution in [0.25, 0.3) is 0 Å². The van der Waals surface area contributed by atoms with Crippen LogP contribution in [0.1, 0.15) is 0 Å². The minimum Gasteiger partial charge on any atom is -0.359 e. The summed E-state index contributed by atoms with van der Waals surface area (Å²) in [6.45, 7) is 4.00. The van der Waals surface area contributed by atoms with E-state index in [1.165, 1.54) is 6.20 Å². The highest BCUT2D eigenvalue weighted by molar-refractivity contribution is 7.80. The summed E-state index contributed by atoms with van der Waals surface area (Å²) in [6, 6.07) is 0. The predicted molar refractivity (Wildman–Crippen MR) is 62.1 cm³/mol. The van der Waals surface area contributed by atoms with Gasteiger partial charge >= 0.3 is 5.69 Å². The van der Waals surface area contributed by atoms with E-state index in [0.717, 1.165) is 0 Å². The van der Waals surface area contributed by atoms with E-state index >= 15 is 0 Å². The lowest BCUT2D eigenvalue weighted by Crippen LogP contribution is -2.32. The molecule has 1 aromatic rings. The molecule has 0 amide bonds. The van der Waals surface area contributed by atoms with Gasteiger partial charge in [0.2, 0.25) is 0 Å². The summed E-state index contributed by atoms with van der Waals surface area (Å²) in [5.41, 5.74) is -0.909. The van der Waals surface area contributed by atoms with Crippen molar-refractivity contribution in [1.82, 2.24) is 15.3 Å². The van der Waals surface area contributed by atoms with Gasteiger partial charge in [0, 0.05) is 12.7 Å². The summed E-state index contributed by atoms with van der Waals surface area (Å²) in [5, 5.41) is 5.70. The average Bonchev–Trinajstić information content (AvgIpc) is 2.19. The Balaban J connectivity index is 2.73. The lowest BCUT2D eigenvalue weighted by atomic mass is 10.5. The van der Waals surface area contributed by atoms with E-state index in [2.05, 4.69) is 27.2 Å². The Morgan fingerprint density at radius 1 is 1.60 bits per heavy atom. The van der Waals surface area contributed by atoms with Crippen molar-refractivity contribution >= 4 is 23.0 Å². The Kier molecular flexibility index (Phi) is 3.81.